The summed E-state index contributed by atoms with van der Waals surface area (Å²) in [5.74, 6) is 0.434. The quantitative estimate of drug-likeness (QED) is 0.781. The number of hydrogen-bond donors (Lipinski definition) is 0. The number of likely N-dealkylation sites (tertiary alicyclic amines) is 1. The van der Waals surface area contributed by atoms with E-state index in [1.54, 1.807) is 19.2 Å². The topological polar surface area (TPSA) is 59.1 Å². The van der Waals surface area contributed by atoms with Crippen molar-refractivity contribution in [2.24, 2.45) is 5.92 Å². The van der Waals surface area contributed by atoms with E-state index in [1.165, 1.54) is 0 Å². The number of rotatable bonds is 4. The molecule has 2 aromatic rings. The van der Waals surface area contributed by atoms with Gasteiger partial charge in [-0.05, 0) is 36.2 Å². The summed E-state index contributed by atoms with van der Waals surface area (Å²) in [6, 6.07) is 15.3. The average molecular weight is 408 g/mol. The highest BCUT2D eigenvalue weighted by molar-refractivity contribution is 5.95. The first-order valence-electron chi connectivity index (χ1n) is 10.4. The van der Waals surface area contributed by atoms with E-state index in [-0.39, 0.29) is 23.7 Å². The van der Waals surface area contributed by atoms with Crippen LogP contribution in [-0.4, -0.2) is 68.1 Å². The van der Waals surface area contributed by atoms with Gasteiger partial charge in [-0.2, -0.15) is 0 Å². The molecule has 0 bridgehead atoms. The number of methoxy groups -OCH3 is 1. The Morgan fingerprint density at radius 2 is 1.77 bits per heavy atom. The number of morpholine rings is 1. The number of aryl methyl sites for hydroxylation is 1. The summed E-state index contributed by atoms with van der Waals surface area (Å²) >= 11 is 0. The molecule has 158 valence electrons. The Hall–Kier alpha value is -2.86. The molecule has 2 fully saturated rings. The van der Waals surface area contributed by atoms with E-state index < -0.39 is 0 Å². The van der Waals surface area contributed by atoms with Gasteiger partial charge in [0, 0.05) is 37.7 Å². The molecule has 0 radical (unpaired) electrons. The van der Waals surface area contributed by atoms with Crippen LogP contribution in [0.3, 0.4) is 0 Å². The lowest BCUT2D eigenvalue weighted by atomic mass is 9.85. The van der Waals surface area contributed by atoms with Gasteiger partial charge in [0.05, 0.1) is 26.2 Å². The number of nitrogens with zero attached hydrogens (tertiary/aromatic N) is 2. The van der Waals surface area contributed by atoms with Crippen molar-refractivity contribution in [3.63, 3.8) is 0 Å². The molecule has 2 aliphatic rings. The molecule has 2 aromatic carbocycles. The molecule has 6 nitrogen and oxygen atoms in total. The molecule has 2 atom stereocenters. The van der Waals surface area contributed by atoms with E-state index in [0.29, 0.717) is 50.7 Å². The van der Waals surface area contributed by atoms with Gasteiger partial charge in [-0.15, -0.1) is 0 Å². The Bertz CT molecular complexity index is 923. The molecular weight excluding hydrogens is 380 g/mol. The molecule has 2 amide bonds. The maximum atomic E-state index is 13.4. The second-order valence-electron chi connectivity index (χ2n) is 7.95. The molecule has 0 N–H and O–H groups in total. The van der Waals surface area contributed by atoms with E-state index in [1.807, 2.05) is 34.1 Å². The summed E-state index contributed by atoms with van der Waals surface area (Å²) < 4.78 is 10.7. The standard InChI is InChI=1S/C24H28N2O4/c1-17-6-3-4-9-20(17)21-15-26(23(27)18-7-5-8-19(14-18)29-2)16-22(21)24(28)25-10-12-30-13-11-25/h3-9,14,21-22H,10-13,15-16H2,1-2H3/t21-,22-/m1/s1. The van der Waals surface area contributed by atoms with E-state index in [4.69, 9.17) is 9.47 Å². The zero-order chi connectivity index (χ0) is 21.1. The van der Waals surface area contributed by atoms with Crippen LogP contribution in [0.2, 0.25) is 0 Å². The molecule has 0 aromatic heterocycles. The van der Waals surface area contributed by atoms with Crippen LogP contribution in [-0.2, 0) is 9.53 Å². The van der Waals surface area contributed by atoms with Gasteiger partial charge in [-0.1, -0.05) is 30.3 Å². The number of amides is 2. The van der Waals surface area contributed by atoms with Gasteiger partial charge in [0.2, 0.25) is 5.91 Å². The maximum absolute atomic E-state index is 13.4. The number of carbonyl (C=O) groups is 2. The van der Waals surface area contributed by atoms with E-state index in [0.717, 1.165) is 11.1 Å². The lowest BCUT2D eigenvalue weighted by molar-refractivity contribution is -0.139. The van der Waals surface area contributed by atoms with E-state index in [2.05, 4.69) is 19.1 Å². The monoisotopic (exact) mass is 408 g/mol. The third kappa shape index (κ3) is 4.05. The number of carbonyl (C=O) groups excluding carboxylic acids is 2. The number of ether oxygens (including phenoxy) is 2. The summed E-state index contributed by atoms with van der Waals surface area (Å²) in [4.78, 5) is 30.4. The fraction of sp³-hybridized carbons (Fsp3) is 0.417. The molecule has 4 rings (SSSR count). The minimum atomic E-state index is -0.251. The van der Waals surface area contributed by atoms with Crippen molar-refractivity contribution in [2.75, 3.05) is 46.5 Å². The van der Waals surface area contributed by atoms with Crippen LogP contribution >= 0.6 is 0 Å². The van der Waals surface area contributed by atoms with Crippen LogP contribution in [0.15, 0.2) is 48.5 Å². The summed E-state index contributed by atoms with van der Waals surface area (Å²) in [6.07, 6.45) is 0. The molecule has 0 spiro atoms. The first-order valence-corrected chi connectivity index (χ1v) is 10.4. The Balaban J connectivity index is 1.62. The van der Waals surface area contributed by atoms with Crippen LogP contribution in [0.25, 0.3) is 0 Å². The Kier molecular flexibility index (Phi) is 6.04. The van der Waals surface area contributed by atoms with E-state index >= 15 is 0 Å². The molecule has 2 saturated heterocycles. The lowest BCUT2D eigenvalue weighted by Crippen LogP contribution is -2.45. The largest absolute Gasteiger partial charge is 0.497 e. The fourth-order valence-corrected chi connectivity index (χ4v) is 4.49. The first-order chi connectivity index (χ1) is 14.6. The minimum absolute atomic E-state index is 0.0175. The summed E-state index contributed by atoms with van der Waals surface area (Å²) in [5, 5.41) is 0. The van der Waals surface area contributed by atoms with Gasteiger partial charge in [0.25, 0.3) is 5.91 Å². The maximum Gasteiger partial charge on any atom is 0.254 e. The van der Waals surface area contributed by atoms with Crippen molar-refractivity contribution < 1.29 is 19.1 Å². The molecule has 2 aliphatic heterocycles. The summed E-state index contributed by atoms with van der Waals surface area (Å²) in [5.41, 5.74) is 2.88. The number of benzene rings is 2. The Morgan fingerprint density at radius 1 is 1.00 bits per heavy atom. The van der Waals surface area contributed by atoms with Crippen molar-refractivity contribution in [1.29, 1.82) is 0 Å². The molecular formula is C24H28N2O4. The second kappa shape index (κ2) is 8.88. The van der Waals surface area contributed by atoms with E-state index in [9.17, 15) is 9.59 Å². The number of hydrogen-bond acceptors (Lipinski definition) is 4. The van der Waals surface area contributed by atoms with Crippen LogP contribution in [0.5, 0.6) is 5.75 Å². The van der Waals surface area contributed by atoms with Crippen molar-refractivity contribution in [3.05, 3.63) is 65.2 Å². The van der Waals surface area contributed by atoms with Crippen LogP contribution < -0.4 is 4.74 Å². The zero-order valence-electron chi connectivity index (χ0n) is 17.5. The van der Waals surface area contributed by atoms with Gasteiger partial charge in [0.15, 0.2) is 0 Å². The highest BCUT2D eigenvalue weighted by Gasteiger charge is 2.42. The SMILES string of the molecule is COc1cccc(C(=O)N2C[C@H](c3ccccc3C)[C@H](C(=O)N3CCOCC3)C2)c1. The van der Waals surface area contributed by atoms with Crippen LogP contribution in [0.1, 0.15) is 27.4 Å². The van der Waals surface area contributed by atoms with Crippen molar-refractivity contribution in [1.82, 2.24) is 9.80 Å². The summed E-state index contributed by atoms with van der Waals surface area (Å²) in [6.45, 7) is 5.38. The smallest absolute Gasteiger partial charge is 0.254 e. The van der Waals surface area contributed by atoms with Crippen LogP contribution in [0.4, 0.5) is 0 Å². The van der Waals surface area contributed by atoms with Crippen molar-refractivity contribution >= 4 is 11.8 Å². The van der Waals surface area contributed by atoms with Gasteiger partial charge in [-0.3, -0.25) is 9.59 Å². The molecule has 30 heavy (non-hydrogen) atoms. The fourth-order valence-electron chi connectivity index (χ4n) is 4.49. The third-order valence-electron chi connectivity index (χ3n) is 6.15. The molecule has 0 aliphatic carbocycles. The van der Waals surface area contributed by atoms with Gasteiger partial charge < -0.3 is 19.3 Å². The molecule has 0 saturated carbocycles. The molecule has 2 heterocycles. The van der Waals surface area contributed by atoms with Crippen LogP contribution in [0, 0.1) is 12.8 Å². The predicted molar refractivity (Wildman–Crippen MR) is 114 cm³/mol. The average Bonchev–Trinajstić information content (AvgIpc) is 3.24. The minimum Gasteiger partial charge on any atom is -0.497 e. The second-order valence-corrected chi connectivity index (χ2v) is 7.95. The Morgan fingerprint density at radius 3 is 2.50 bits per heavy atom. The highest BCUT2D eigenvalue weighted by Crippen LogP contribution is 2.36. The van der Waals surface area contributed by atoms with Gasteiger partial charge in [0.1, 0.15) is 5.75 Å². The summed E-state index contributed by atoms with van der Waals surface area (Å²) in [7, 11) is 1.59. The molecule has 6 heteroatoms. The molecule has 0 unspecified atom stereocenters. The first kappa shape index (κ1) is 20.4. The van der Waals surface area contributed by atoms with Crippen molar-refractivity contribution in [3.8, 4) is 5.75 Å². The van der Waals surface area contributed by atoms with Crippen molar-refractivity contribution in [2.45, 2.75) is 12.8 Å². The highest BCUT2D eigenvalue weighted by atomic mass is 16.5. The lowest BCUT2D eigenvalue weighted by Gasteiger charge is -2.31. The van der Waals surface area contributed by atoms with Gasteiger partial charge in [-0.25, -0.2) is 0 Å². The normalized spacial score (nSPS) is 21.5. The zero-order valence-corrected chi connectivity index (χ0v) is 17.5. The predicted octanol–water partition coefficient (Wildman–Crippen LogP) is 2.72. The third-order valence-corrected chi connectivity index (χ3v) is 6.15. The van der Waals surface area contributed by atoms with Gasteiger partial charge >= 0.3 is 0 Å². The Labute approximate surface area is 177 Å².